The Kier molecular flexibility index (Phi) is 6.70. The quantitative estimate of drug-likeness (QED) is 0.769. The van der Waals surface area contributed by atoms with E-state index < -0.39 is 5.41 Å². The summed E-state index contributed by atoms with van der Waals surface area (Å²) >= 11 is 0. The van der Waals surface area contributed by atoms with E-state index >= 15 is 0 Å². The summed E-state index contributed by atoms with van der Waals surface area (Å²) in [5.41, 5.74) is 2.27. The van der Waals surface area contributed by atoms with Crippen LogP contribution in [0.4, 0.5) is 0 Å². The van der Waals surface area contributed by atoms with Gasteiger partial charge in [0.25, 0.3) is 0 Å². The zero-order valence-corrected chi connectivity index (χ0v) is 18.2. The molecule has 0 bridgehead atoms. The molecule has 7 nitrogen and oxygen atoms in total. The highest BCUT2D eigenvalue weighted by atomic mass is 16.5. The van der Waals surface area contributed by atoms with Crippen molar-refractivity contribution >= 4 is 11.8 Å². The molecule has 31 heavy (non-hydrogen) atoms. The molecule has 4 rings (SSSR count). The molecule has 7 heteroatoms. The number of likely N-dealkylation sites (tertiary alicyclic amines) is 1. The first kappa shape index (κ1) is 21.6. The van der Waals surface area contributed by atoms with Gasteiger partial charge in [-0.25, -0.2) is 0 Å². The lowest BCUT2D eigenvalue weighted by atomic mass is 9.75. The number of amides is 2. The van der Waals surface area contributed by atoms with Crippen LogP contribution in [0.15, 0.2) is 34.9 Å². The van der Waals surface area contributed by atoms with Crippen molar-refractivity contribution in [3.05, 3.63) is 41.7 Å². The molecule has 0 aliphatic carbocycles. The highest BCUT2D eigenvalue weighted by Gasteiger charge is 2.41. The lowest BCUT2D eigenvalue weighted by molar-refractivity contribution is -0.140. The zero-order chi connectivity index (χ0) is 21.7. The third-order valence-corrected chi connectivity index (χ3v) is 6.53. The van der Waals surface area contributed by atoms with E-state index in [9.17, 15) is 9.59 Å². The van der Waals surface area contributed by atoms with Gasteiger partial charge in [0.1, 0.15) is 11.5 Å². The minimum Gasteiger partial charge on any atom is -0.381 e. The van der Waals surface area contributed by atoms with Crippen LogP contribution in [0, 0.1) is 12.3 Å². The fourth-order valence-corrected chi connectivity index (χ4v) is 4.56. The molecule has 0 radical (unpaired) electrons. The van der Waals surface area contributed by atoms with E-state index in [1.165, 1.54) is 6.42 Å². The van der Waals surface area contributed by atoms with Crippen LogP contribution in [-0.4, -0.2) is 54.7 Å². The number of benzene rings is 1. The summed E-state index contributed by atoms with van der Waals surface area (Å²) in [5, 5.41) is 7.15. The molecule has 2 aliphatic heterocycles. The van der Waals surface area contributed by atoms with Gasteiger partial charge in [-0.1, -0.05) is 29.4 Å². The van der Waals surface area contributed by atoms with E-state index in [-0.39, 0.29) is 18.4 Å². The molecule has 3 heterocycles. The molecule has 1 N–H and O–H groups in total. The maximum absolute atomic E-state index is 13.2. The van der Waals surface area contributed by atoms with Crippen molar-refractivity contribution in [1.82, 2.24) is 15.4 Å². The molecule has 1 aromatic heterocycles. The molecule has 2 fully saturated rings. The summed E-state index contributed by atoms with van der Waals surface area (Å²) in [4.78, 5) is 27.6. The summed E-state index contributed by atoms with van der Waals surface area (Å²) in [5.74, 6) is 0.574. The number of nitrogens with zero attached hydrogens (tertiary/aromatic N) is 2. The van der Waals surface area contributed by atoms with Crippen LogP contribution in [0.3, 0.4) is 0 Å². The minimum atomic E-state index is -0.650. The van der Waals surface area contributed by atoms with Gasteiger partial charge in [-0.3, -0.25) is 9.59 Å². The average molecular weight is 426 g/mol. The number of ether oxygens (including phenoxy) is 1. The van der Waals surface area contributed by atoms with Gasteiger partial charge in [0.15, 0.2) is 0 Å². The predicted octanol–water partition coefficient (Wildman–Crippen LogP) is 3.12. The number of aryl methyl sites for hydroxylation is 1. The lowest BCUT2D eigenvalue weighted by Crippen LogP contribution is -2.49. The van der Waals surface area contributed by atoms with Crippen molar-refractivity contribution in [3.8, 4) is 11.3 Å². The largest absolute Gasteiger partial charge is 0.381 e. The van der Waals surface area contributed by atoms with E-state index in [1.807, 2.05) is 42.2 Å². The Morgan fingerprint density at radius 2 is 1.87 bits per heavy atom. The molecule has 1 aromatic carbocycles. The Bertz CT molecular complexity index is 911. The SMILES string of the molecule is Cc1ccccc1-c1cc(CC2(C(=O)NCC(=O)N3CCCCC3)CCOCC2)on1. The normalized spacial score (nSPS) is 18.5. The van der Waals surface area contributed by atoms with Gasteiger partial charge in [0.2, 0.25) is 11.8 Å². The van der Waals surface area contributed by atoms with Gasteiger partial charge < -0.3 is 19.5 Å². The highest BCUT2D eigenvalue weighted by molar-refractivity contribution is 5.88. The predicted molar refractivity (Wildman–Crippen MR) is 116 cm³/mol. The first-order valence-corrected chi connectivity index (χ1v) is 11.2. The number of aromatic nitrogens is 1. The van der Waals surface area contributed by atoms with Crippen LogP contribution in [0.1, 0.15) is 43.4 Å². The molecule has 0 spiro atoms. The van der Waals surface area contributed by atoms with Crippen molar-refractivity contribution in [2.24, 2.45) is 5.41 Å². The Morgan fingerprint density at radius 3 is 2.61 bits per heavy atom. The Hall–Kier alpha value is -2.67. The van der Waals surface area contributed by atoms with E-state index in [0.29, 0.717) is 38.2 Å². The number of hydrogen-bond donors (Lipinski definition) is 1. The summed E-state index contributed by atoms with van der Waals surface area (Å²) < 4.78 is 11.1. The highest BCUT2D eigenvalue weighted by Crippen LogP contribution is 2.36. The molecule has 0 saturated carbocycles. The van der Waals surface area contributed by atoms with Crippen LogP contribution in [0.5, 0.6) is 0 Å². The van der Waals surface area contributed by atoms with Crippen molar-refractivity contribution in [2.75, 3.05) is 32.8 Å². The van der Waals surface area contributed by atoms with E-state index in [2.05, 4.69) is 10.5 Å². The Balaban J connectivity index is 1.44. The number of carbonyl (C=O) groups is 2. The minimum absolute atomic E-state index is 0.00300. The summed E-state index contributed by atoms with van der Waals surface area (Å²) in [6.45, 7) is 4.70. The lowest BCUT2D eigenvalue weighted by Gasteiger charge is -2.35. The second-order valence-electron chi connectivity index (χ2n) is 8.69. The molecular weight excluding hydrogens is 394 g/mol. The number of rotatable bonds is 6. The van der Waals surface area contributed by atoms with Crippen LogP contribution < -0.4 is 5.32 Å². The molecule has 2 saturated heterocycles. The molecule has 2 aliphatic rings. The van der Waals surface area contributed by atoms with Crippen LogP contribution in [0.2, 0.25) is 0 Å². The number of nitrogens with one attached hydrogen (secondary N) is 1. The third kappa shape index (κ3) is 4.98. The summed E-state index contributed by atoms with van der Waals surface area (Å²) in [7, 11) is 0. The van der Waals surface area contributed by atoms with Gasteiger partial charge in [0.05, 0.1) is 12.0 Å². The van der Waals surface area contributed by atoms with Gasteiger partial charge >= 0.3 is 0 Å². The number of hydrogen-bond acceptors (Lipinski definition) is 5. The standard InChI is InChI=1S/C24H31N3O4/c1-18-7-3-4-8-20(18)21-15-19(31-26-21)16-24(9-13-30-14-10-24)23(29)25-17-22(28)27-11-5-2-6-12-27/h3-4,7-8,15H,2,5-6,9-14,16-17H2,1H3,(H,25,29). The third-order valence-electron chi connectivity index (χ3n) is 6.53. The Morgan fingerprint density at radius 1 is 1.13 bits per heavy atom. The maximum Gasteiger partial charge on any atom is 0.241 e. The fraction of sp³-hybridized carbons (Fsp3) is 0.542. The average Bonchev–Trinajstić information content (AvgIpc) is 3.26. The Labute approximate surface area is 183 Å². The smallest absolute Gasteiger partial charge is 0.241 e. The van der Waals surface area contributed by atoms with Crippen LogP contribution >= 0.6 is 0 Å². The second kappa shape index (κ2) is 9.64. The fourth-order valence-electron chi connectivity index (χ4n) is 4.56. The van der Waals surface area contributed by atoms with Gasteiger partial charge in [0, 0.05) is 44.4 Å². The number of piperidine rings is 1. The van der Waals surface area contributed by atoms with Crippen LogP contribution in [0.25, 0.3) is 11.3 Å². The second-order valence-corrected chi connectivity index (χ2v) is 8.69. The topological polar surface area (TPSA) is 84.7 Å². The van der Waals surface area contributed by atoms with Gasteiger partial charge in [-0.2, -0.15) is 0 Å². The van der Waals surface area contributed by atoms with Crippen molar-refractivity contribution in [1.29, 1.82) is 0 Å². The van der Waals surface area contributed by atoms with E-state index in [0.717, 1.165) is 42.8 Å². The molecule has 2 aromatic rings. The molecule has 166 valence electrons. The zero-order valence-electron chi connectivity index (χ0n) is 18.2. The first-order chi connectivity index (χ1) is 15.1. The molecule has 0 atom stereocenters. The van der Waals surface area contributed by atoms with Crippen LogP contribution in [-0.2, 0) is 20.7 Å². The number of carbonyl (C=O) groups excluding carboxylic acids is 2. The van der Waals surface area contributed by atoms with Crippen molar-refractivity contribution < 1.29 is 18.8 Å². The molecule has 2 amide bonds. The monoisotopic (exact) mass is 425 g/mol. The maximum atomic E-state index is 13.2. The first-order valence-electron chi connectivity index (χ1n) is 11.2. The molecule has 0 unspecified atom stereocenters. The molecular formula is C24H31N3O4. The van der Waals surface area contributed by atoms with Gasteiger partial charge in [-0.15, -0.1) is 0 Å². The summed E-state index contributed by atoms with van der Waals surface area (Å²) in [6.07, 6.45) is 4.87. The summed E-state index contributed by atoms with van der Waals surface area (Å²) in [6, 6.07) is 9.94. The van der Waals surface area contributed by atoms with Crippen molar-refractivity contribution in [2.45, 2.75) is 45.4 Å². The van der Waals surface area contributed by atoms with Crippen molar-refractivity contribution in [3.63, 3.8) is 0 Å². The van der Waals surface area contributed by atoms with E-state index in [1.54, 1.807) is 0 Å². The van der Waals surface area contributed by atoms with Gasteiger partial charge in [-0.05, 0) is 44.6 Å². The van der Waals surface area contributed by atoms with E-state index in [4.69, 9.17) is 9.26 Å².